The summed E-state index contributed by atoms with van der Waals surface area (Å²) in [6.07, 6.45) is 3.32. The predicted molar refractivity (Wildman–Crippen MR) is 81.3 cm³/mol. The standard InChI is InChI=1S/C16H19N3O2/c1-12(9-17)10-19-16(20)13-4-6-14(7-5-13)21-15-3-2-8-18-11-15/h2-8,11-12H,9-10,17H2,1H3,(H,19,20). The van der Waals surface area contributed by atoms with E-state index >= 15 is 0 Å². The monoisotopic (exact) mass is 285 g/mol. The molecule has 0 spiro atoms. The molecule has 2 aromatic rings. The van der Waals surface area contributed by atoms with Crippen molar-refractivity contribution < 1.29 is 9.53 Å². The first-order valence-corrected chi connectivity index (χ1v) is 6.85. The molecule has 2 rings (SSSR count). The molecule has 0 bridgehead atoms. The maximum atomic E-state index is 11.9. The third-order valence-electron chi connectivity index (χ3n) is 3.00. The molecule has 5 nitrogen and oxygen atoms in total. The quantitative estimate of drug-likeness (QED) is 0.853. The maximum Gasteiger partial charge on any atom is 0.251 e. The molecule has 1 atom stereocenters. The number of aromatic nitrogens is 1. The van der Waals surface area contributed by atoms with Crippen LogP contribution in [0.1, 0.15) is 17.3 Å². The molecule has 1 heterocycles. The smallest absolute Gasteiger partial charge is 0.251 e. The predicted octanol–water partition coefficient (Wildman–Crippen LogP) is 2.20. The summed E-state index contributed by atoms with van der Waals surface area (Å²) in [6, 6.07) is 10.6. The molecule has 0 saturated carbocycles. The van der Waals surface area contributed by atoms with E-state index in [1.165, 1.54) is 0 Å². The van der Waals surface area contributed by atoms with Gasteiger partial charge in [0.2, 0.25) is 0 Å². The summed E-state index contributed by atoms with van der Waals surface area (Å²) in [6.45, 7) is 3.12. The highest BCUT2D eigenvalue weighted by molar-refractivity contribution is 5.94. The van der Waals surface area contributed by atoms with Gasteiger partial charge in [0.05, 0.1) is 6.20 Å². The Morgan fingerprint density at radius 2 is 2.05 bits per heavy atom. The Bertz CT molecular complexity index is 570. The zero-order valence-electron chi connectivity index (χ0n) is 12.0. The van der Waals surface area contributed by atoms with Crippen molar-refractivity contribution in [2.45, 2.75) is 6.92 Å². The van der Waals surface area contributed by atoms with Crippen LogP contribution in [0.4, 0.5) is 0 Å². The molecule has 110 valence electrons. The van der Waals surface area contributed by atoms with Crippen molar-refractivity contribution in [3.8, 4) is 11.5 Å². The lowest BCUT2D eigenvalue weighted by Crippen LogP contribution is -2.31. The fourth-order valence-corrected chi connectivity index (χ4v) is 1.67. The second-order valence-electron chi connectivity index (χ2n) is 4.87. The van der Waals surface area contributed by atoms with E-state index in [2.05, 4.69) is 10.3 Å². The molecule has 0 saturated heterocycles. The molecule has 1 aromatic heterocycles. The molecule has 1 aromatic carbocycles. The van der Waals surface area contributed by atoms with Gasteiger partial charge in [-0.1, -0.05) is 6.92 Å². The molecule has 0 aliphatic carbocycles. The summed E-state index contributed by atoms with van der Waals surface area (Å²) in [5.41, 5.74) is 6.11. The summed E-state index contributed by atoms with van der Waals surface area (Å²) in [4.78, 5) is 15.9. The van der Waals surface area contributed by atoms with E-state index in [9.17, 15) is 4.79 Å². The van der Waals surface area contributed by atoms with E-state index < -0.39 is 0 Å². The van der Waals surface area contributed by atoms with Crippen molar-refractivity contribution in [3.05, 3.63) is 54.4 Å². The number of hydrogen-bond acceptors (Lipinski definition) is 4. The Hall–Kier alpha value is -2.40. The number of ether oxygens (including phenoxy) is 1. The fraction of sp³-hybridized carbons (Fsp3) is 0.250. The SMILES string of the molecule is CC(CN)CNC(=O)c1ccc(Oc2cccnc2)cc1. The second kappa shape index (κ2) is 7.40. The van der Waals surface area contributed by atoms with Gasteiger partial charge in [-0.2, -0.15) is 0 Å². The number of hydrogen-bond donors (Lipinski definition) is 2. The highest BCUT2D eigenvalue weighted by atomic mass is 16.5. The number of nitrogens with one attached hydrogen (secondary N) is 1. The number of carbonyl (C=O) groups excluding carboxylic acids is 1. The summed E-state index contributed by atoms with van der Waals surface area (Å²) in [5.74, 6) is 1.48. The van der Waals surface area contributed by atoms with E-state index in [1.54, 1.807) is 42.7 Å². The van der Waals surface area contributed by atoms with Crippen LogP contribution in [-0.4, -0.2) is 24.0 Å². The lowest BCUT2D eigenvalue weighted by atomic mass is 10.1. The van der Waals surface area contributed by atoms with Gasteiger partial charge >= 0.3 is 0 Å². The molecular formula is C16H19N3O2. The normalized spacial score (nSPS) is 11.7. The molecule has 0 aliphatic rings. The number of nitrogens with two attached hydrogens (primary N) is 1. The van der Waals surface area contributed by atoms with E-state index in [4.69, 9.17) is 10.5 Å². The van der Waals surface area contributed by atoms with Crippen LogP contribution in [0.3, 0.4) is 0 Å². The zero-order valence-corrected chi connectivity index (χ0v) is 12.0. The lowest BCUT2D eigenvalue weighted by Gasteiger charge is -2.10. The second-order valence-corrected chi connectivity index (χ2v) is 4.87. The van der Waals surface area contributed by atoms with Gasteiger partial charge in [0.25, 0.3) is 5.91 Å². The number of pyridine rings is 1. The first kappa shape index (κ1) is 15.0. The topological polar surface area (TPSA) is 77.2 Å². The molecule has 5 heteroatoms. The van der Waals surface area contributed by atoms with Crippen LogP contribution in [0, 0.1) is 5.92 Å². The summed E-state index contributed by atoms with van der Waals surface area (Å²) in [5, 5.41) is 2.85. The fourth-order valence-electron chi connectivity index (χ4n) is 1.67. The minimum atomic E-state index is -0.108. The highest BCUT2D eigenvalue weighted by Crippen LogP contribution is 2.20. The van der Waals surface area contributed by atoms with Gasteiger partial charge in [-0.15, -0.1) is 0 Å². The van der Waals surface area contributed by atoms with Crippen molar-refractivity contribution in [2.24, 2.45) is 11.7 Å². The number of carbonyl (C=O) groups is 1. The van der Waals surface area contributed by atoms with Gasteiger partial charge in [-0.05, 0) is 48.9 Å². The maximum absolute atomic E-state index is 11.9. The van der Waals surface area contributed by atoms with E-state index in [0.29, 0.717) is 30.2 Å². The van der Waals surface area contributed by atoms with Crippen LogP contribution in [-0.2, 0) is 0 Å². The molecule has 21 heavy (non-hydrogen) atoms. The molecule has 0 radical (unpaired) electrons. The van der Waals surface area contributed by atoms with Gasteiger partial charge in [-0.3, -0.25) is 9.78 Å². The number of nitrogens with zero attached hydrogens (tertiary/aromatic N) is 1. The first-order valence-electron chi connectivity index (χ1n) is 6.85. The summed E-state index contributed by atoms with van der Waals surface area (Å²) >= 11 is 0. The molecule has 0 fully saturated rings. The largest absolute Gasteiger partial charge is 0.456 e. The van der Waals surface area contributed by atoms with Crippen LogP contribution in [0.15, 0.2) is 48.8 Å². The van der Waals surface area contributed by atoms with Crippen molar-refractivity contribution in [2.75, 3.05) is 13.1 Å². The van der Waals surface area contributed by atoms with E-state index in [1.807, 2.05) is 13.0 Å². The summed E-state index contributed by atoms with van der Waals surface area (Å²) in [7, 11) is 0. The van der Waals surface area contributed by atoms with Crippen LogP contribution >= 0.6 is 0 Å². The van der Waals surface area contributed by atoms with Crippen LogP contribution in [0.25, 0.3) is 0 Å². The van der Waals surface area contributed by atoms with Crippen LogP contribution < -0.4 is 15.8 Å². The Labute approximate surface area is 124 Å². The molecular weight excluding hydrogens is 266 g/mol. The molecule has 0 aliphatic heterocycles. The van der Waals surface area contributed by atoms with Crippen molar-refractivity contribution in [3.63, 3.8) is 0 Å². The third kappa shape index (κ3) is 4.57. The first-order chi connectivity index (χ1) is 10.2. The van der Waals surface area contributed by atoms with Gasteiger partial charge < -0.3 is 15.8 Å². The highest BCUT2D eigenvalue weighted by Gasteiger charge is 2.07. The Morgan fingerprint density at radius 1 is 1.29 bits per heavy atom. The van der Waals surface area contributed by atoms with E-state index in [-0.39, 0.29) is 11.8 Å². The van der Waals surface area contributed by atoms with Gasteiger partial charge in [0, 0.05) is 18.3 Å². The molecule has 3 N–H and O–H groups in total. The van der Waals surface area contributed by atoms with Crippen molar-refractivity contribution in [1.82, 2.24) is 10.3 Å². The summed E-state index contributed by atoms with van der Waals surface area (Å²) < 4.78 is 5.62. The van der Waals surface area contributed by atoms with Crippen molar-refractivity contribution >= 4 is 5.91 Å². The van der Waals surface area contributed by atoms with Crippen molar-refractivity contribution in [1.29, 1.82) is 0 Å². The minimum absolute atomic E-state index is 0.108. The van der Waals surface area contributed by atoms with Gasteiger partial charge in [0.1, 0.15) is 11.5 Å². The average molecular weight is 285 g/mol. The third-order valence-corrected chi connectivity index (χ3v) is 3.00. The number of benzene rings is 1. The van der Waals surface area contributed by atoms with Crippen LogP contribution in [0.2, 0.25) is 0 Å². The average Bonchev–Trinajstić information content (AvgIpc) is 2.54. The Morgan fingerprint density at radius 3 is 2.67 bits per heavy atom. The molecule has 1 unspecified atom stereocenters. The van der Waals surface area contributed by atoms with Gasteiger partial charge in [-0.25, -0.2) is 0 Å². The number of amides is 1. The van der Waals surface area contributed by atoms with E-state index in [0.717, 1.165) is 0 Å². The zero-order chi connectivity index (χ0) is 15.1. The molecule has 1 amide bonds. The Balaban J connectivity index is 1.94. The lowest BCUT2D eigenvalue weighted by molar-refractivity contribution is 0.0948. The minimum Gasteiger partial charge on any atom is -0.456 e. The van der Waals surface area contributed by atoms with Gasteiger partial charge in [0.15, 0.2) is 0 Å². The Kier molecular flexibility index (Phi) is 5.29. The van der Waals surface area contributed by atoms with Crippen LogP contribution in [0.5, 0.6) is 11.5 Å². The number of rotatable bonds is 6.